The van der Waals surface area contributed by atoms with Gasteiger partial charge in [-0.25, -0.2) is 4.99 Å². The minimum absolute atomic E-state index is 0.00460. The molecule has 1 saturated carbocycles. The zero-order chi connectivity index (χ0) is 34.0. The number of aliphatic imine (C=N–C) groups is 1. The van der Waals surface area contributed by atoms with Gasteiger partial charge in [0.25, 0.3) is 0 Å². The number of ketones is 1. The second-order valence-electron chi connectivity index (χ2n) is 14.5. The van der Waals surface area contributed by atoms with Gasteiger partial charge in [0.15, 0.2) is 17.0 Å². The number of nitrogens with zero attached hydrogens (tertiary/aromatic N) is 5. The molecule has 5 aliphatic rings. The van der Waals surface area contributed by atoms with E-state index in [0.29, 0.717) is 41.1 Å². The minimum Gasteiger partial charge on any atom is -0.395 e. The number of β-amino-alcohol motifs (C(OH)–C–C–N with tert-alkyl or cyclic N) is 1. The van der Waals surface area contributed by atoms with E-state index in [9.17, 15) is 9.90 Å². The van der Waals surface area contributed by atoms with Crippen LogP contribution in [0.4, 0.5) is 0 Å². The number of carbonyl (C=O) groups excluding carboxylic acids is 2. The summed E-state index contributed by atoms with van der Waals surface area (Å²) in [7, 11) is 0. The van der Waals surface area contributed by atoms with Crippen molar-refractivity contribution in [3.8, 4) is 0 Å². The molecule has 2 saturated heterocycles. The lowest BCUT2D eigenvalue weighted by Gasteiger charge is -2.44. The third-order valence-corrected chi connectivity index (χ3v) is 12.7. The number of carbonyl (C=O) groups is 2. The van der Waals surface area contributed by atoms with Gasteiger partial charge in [-0.1, -0.05) is 61.3 Å². The fourth-order valence-electron chi connectivity index (χ4n) is 8.42. The van der Waals surface area contributed by atoms with Gasteiger partial charge in [-0.2, -0.15) is 0 Å². The average Bonchev–Trinajstić information content (AvgIpc) is 3.38. The quantitative estimate of drug-likeness (QED) is 0.305. The van der Waals surface area contributed by atoms with Crippen LogP contribution in [0.3, 0.4) is 0 Å². The number of likely N-dealkylation sites (tertiary alicyclic amines) is 1. The van der Waals surface area contributed by atoms with E-state index < -0.39 is 11.6 Å². The highest BCUT2D eigenvalue weighted by atomic mass is 35.5. The Kier molecular flexibility index (Phi) is 9.26. The highest BCUT2D eigenvalue weighted by Gasteiger charge is 2.56. The molecule has 0 aromatic heterocycles. The maximum Gasteiger partial charge on any atom is 0.248 e. The predicted molar refractivity (Wildman–Crippen MR) is 193 cm³/mol. The van der Waals surface area contributed by atoms with Crippen LogP contribution in [0.25, 0.3) is 0 Å². The van der Waals surface area contributed by atoms with Crippen LogP contribution >= 0.6 is 35.0 Å². The molecule has 4 heterocycles. The largest absolute Gasteiger partial charge is 0.395 e. The van der Waals surface area contributed by atoms with E-state index in [-0.39, 0.29) is 41.8 Å². The van der Waals surface area contributed by atoms with Crippen molar-refractivity contribution < 1.29 is 14.7 Å². The van der Waals surface area contributed by atoms with Crippen LogP contribution in [-0.2, 0) is 15.1 Å². The lowest BCUT2D eigenvalue weighted by molar-refractivity contribution is -0.145. The van der Waals surface area contributed by atoms with E-state index in [1.807, 2.05) is 53.4 Å². The van der Waals surface area contributed by atoms with Gasteiger partial charge in [0.2, 0.25) is 5.91 Å². The van der Waals surface area contributed by atoms with Gasteiger partial charge < -0.3 is 14.9 Å². The molecule has 2 aromatic carbocycles. The van der Waals surface area contributed by atoms with E-state index in [1.165, 1.54) is 11.8 Å². The van der Waals surface area contributed by atoms with Crippen molar-refractivity contribution in [1.29, 1.82) is 0 Å². The molecule has 11 heteroatoms. The molecule has 0 radical (unpaired) electrons. The second-order valence-corrected chi connectivity index (χ2v) is 16.4. The normalized spacial score (nSPS) is 27.6. The molecule has 1 unspecified atom stereocenters. The van der Waals surface area contributed by atoms with Gasteiger partial charge in [0, 0.05) is 53.5 Å². The molecule has 48 heavy (non-hydrogen) atoms. The number of amides is 1. The monoisotopic (exact) mass is 709 g/mol. The van der Waals surface area contributed by atoms with E-state index in [4.69, 9.17) is 28.2 Å². The zero-order valence-electron chi connectivity index (χ0n) is 28.2. The maximum atomic E-state index is 15.1. The smallest absolute Gasteiger partial charge is 0.248 e. The van der Waals surface area contributed by atoms with Gasteiger partial charge >= 0.3 is 0 Å². The number of fused-ring (bicyclic) bond motifs is 1. The van der Waals surface area contributed by atoms with E-state index in [2.05, 4.69) is 42.4 Å². The number of benzene rings is 2. The standard InChI is InChI=1S/C37H45Cl2N5O3S/c1-23(2)29-32(31(46)30(43-17-5-6-24(43)3)34(47)41-18-19-42(20-21-45)37(22-41)15-16-37)48-35-40-36(4,26-9-13-28(39)14-10-26)33(44(29)35)25-7-11-27(38)12-8-25/h7-14,23-24,30,33,45H,5-6,15-22H2,1-4H3/t24-,30?,33-,36+/m1/s1. The summed E-state index contributed by atoms with van der Waals surface area (Å²) in [5, 5.41) is 11.7. The summed E-state index contributed by atoms with van der Waals surface area (Å²) >= 11 is 14.1. The third kappa shape index (κ3) is 5.82. The Balaban J connectivity index is 1.28. The number of aliphatic hydroxyl groups excluding tert-OH is 1. The number of thioether (sulfide) groups is 1. The van der Waals surface area contributed by atoms with E-state index >= 15 is 4.79 Å². The van der Waals surface area contributed by atoms with Crippen molar-refractivity contribution >= 4 is 51.8 Å². The average molecular weight is 711 g/mol. The molecule has 1 N–H and O–H groups in total. The molecule has 1 amide bonds. The van der Waals surface area contributed by atoms with Crippen molar-refractivity contribution in [3.63, 3.8) is 0 Å². The molecule has 1 aliphatic carbocycles. The van der Waals surface area contributed by atoms with Gasteiger partial charge in [-0.05, 0) is 99.1 Å². The Labute approximate surface area is 298 Å². The minimum atomic E-state index is -0.879. The summed E-state index contributed by atoms with van der Waals surface area (Å²) in [5.74, 6) is -0.214. The molecule has 4 aliphatic heterocycles. The van der Waals surface area contributed by atoms with Crippen LogP contribution < -0.4 is 0 Å². The van der Waals surface area contributed by atoms with Crippen molar-refractivity contribution in [2.75, 3.05) is 39.3 Å². The first-order chi connectivity index (χ1) is 23.0. The summed E-state index contributed by atoms with van der Waals surface area (Å²) in [4.78, 5) is 44.4. The number of aliphatic hydroxyl groups is 1. The Morgan fingerprint density at radius 1 is 1.02 bits per heavy atom. The number of amidine groups is 1. The first-order valence-electron chi connectivity index (χ1n) is 17.2. The molecule has 256 valence electrons. The number of hydrogen-bond acceptors (Lipinski definition) is 8. The summed E-state index contributed by atoms with van der Waals surface area (Å²) in [6, 6.07) is 14.8. The van der Waals surface area contributed by atoms with Crippen molar-refractivity contribution in [3.05, 3.63) is 80.3 Å². The first kappa shape index (κ1) is 34.1. The lowest BCUT2D eigenvalue weighted by Crippen LogP contribution is -2.62. The summed E-state index contributed by atoms with van der Waals surface area (Å²) in [6.07, 6.45) is 3.96. The Morgan fingerprint density at radius 2 is 1.69 bits per heavy atom. The van der Waals surface area contributed by atoms with Crippen molar-refractivity contribution in [2.45, 2.75) is 82.6 Å². The van der Waals surface area contributed by atoms with Gasteiger partial charge in [0.1, 0.15) is 5.54 Å². The molecule has 1 spiro atoms. The topological polar surface area (TPSA) is 79.7 Å². The zero-order valence-corrected chi connectivity index (χ0v) is 30.5. The van der Waals surface area contributed by atoms with Gasteiger partial charge in [-0.15, -0.1) is 0 Å². The first-order valence-corrected chi connectivity index (χ1v) is 18.8. The molecular weight excluding hydrogens is 665 g/mol. The van der Waals surface area contributed by atoms with Crippen LogP contribution in [0.2, 0.25) is 10.0 Å². The maximum absolute atomic E-state index is 15.1. The SMILES string of the molecule is CC(C)C1=C(C(=O)C(C(=O)N2CCN(CCO)C3(CC3)C2)N2CCC[C@H]2C)SC2=N[C@@](C)(c3ccc(Cl)cc3)[C@@H](c3ccc(Cl)cc3)N21. The summed E-state index contributed by atoms with van der Waals surface area (Å²) < 4.78 is 0. The Morgan fingerprint density at radius 3 is 2.27 bits per heavy atom. The fourth-order valence-corrected chi connectivity index (χ4v) is 10.0. The molecular formula is C37H45Cl2N5O3S. The van der Waals surface area contributed by atoms with Crippen LogP contribution in [0.5, 0.6) is 0 Å². The van der Waals surface area contributed by atoms with Crippen LogP contribution in [0, 0.1) is 5.92 Å². The molecule has 8 nitrogen and oxygen atoms in total. The third-order valence-electron chi connectivity index (χ3n) is 11.1. The number of allylic oxidation sites excluding steroid dienone is 1. The number of hydrogen-bond donors (Lipinski definition) is 1. The number of halogens is 2. The molecule has 7 rings (SSSR count). The molecule has 2 aromatic rings. The molecule has 4 atom stereocenters. The second kappa shape index (κ2) is 13.1. The Bertz CT molecular complexity index is 1640. The van der Waals surface area contributed by atoms with Gasteiger partial charge in [-0.3, -0.25) is 19.4 Å². The van der Waals surface area contributed by atoms with E-state index in [1.54, 1.807) is 0 Å². The van der Waals surface area contributed by atoms with Gasteiger partial charge in [0.05, 0.1) is 17.6 Å². The Hall–Kier alpha value is -2.40. The van der Waals surface area contributed by atoms with Crippen LogP contribution in [0.15, 0.2) is 64.1 Å². The van der Waals surface area contributed by atoms with Crippen LogP contribution in [-0.4, -0.2) is 98.5 Å². The number of piperazine rings is 1. The highest BCUT2D eigenvalue weighted by molar-refractivity contribution is 8.18. The number of Topliss-reactive ketones (excluding diaryl/α,β-unsaturated/α-hetero) is 1. The number of rotatable bonds is 9. The van der Waals surface area contributed by atoms with Crippen molar-refractivity contribution in [2.24, 2.45) is 10.9 Å². The lowest BCUT2D eigenvalue weighted by atomic mass is 9.81. The predicted octanol–water partition coefficient (Wildman–Crippen LogP) is 6.33. The fraction of sp³-hybridized carbons (Fsp3) is 0.541. The summed E-state index contributed by atoms with van der Waals surface area (Å²) in [6.45, 7) is 11.9. The highest BCUT2D eigenvalue weighted by Crippen LogP contribution is 2.56. The molecule has 3 fully saturated rings. The van der Waals surface area contributed by atoms with Crippen molar-refractivity contribution in [1.82, 2.24) is 19.6 Å². The molecule has 0 bridgehead atoms. The van der Waals surface area contributed by atoms with E-state index in [0.717, 1.165) is 54.2 Å². The van der Waals surface area contributed by atoms with Crippen LogP contribution in [0.1, 0.15) is 70.5 Å². The summed E-state index contributed by atoms with van der Waals surface area (Å²) in [5.41, 5.74) is 2.25.